The van der Waals surface area contributed by atoms with Gasteiger partial charge in [-0.3, -0.25) is 14.4 Å². The summed E-state index contributed by atoms with van der Waals surface area (Å²) in [5, 5.41) is 13.8. The second-order valence-corrected chi connectivity index (χ2v) is 9.24. The van der Waals surface area contributed by atoms with E-state index in [4.69, 9.17) is 5.26 Å². The van der Waals surface area contributed by atoms with Gasteiger partial charge in [-0.05, 0) is 37.5 Å². The molecule has 0 N–H and O–H groups in total. The fourth-order valence-electron chi connectivity index (χ4n) is 5.19. The molecule has 36 heavy (non-hydrogen) atoms. The summed E-state index contributed by atoms with van der Waals surface area (Å²) in [6, 6.07) is 11.0. The van der Waals surface area contributed by atoms with Crippen molar-refractivity contribution in [1.29, 1.82) is 5.26 Å². The summed E-state index contributed by atoms with van der Waals surface area (Å²) in [4.78, 5) is 17.6. The first-order chi connectivity index (χ1) is 17.3. The largest absolute Gasteiger partial charge is 0.435 e. The predicted molar refractivity (Wildman–Crippen MR) is 134 cm³/mol. The first kappa shape index (κ1) is 25.6. The SMILES string of the molecule is CC[C@H]1CN(C(C)c2ccc(OC(F)F)cc2)[C@H](CC)CN1c1cc(=O)n(C)c2cn(CC#N)nc12. The number of pyridine rings is 1. The van der Waals surface area contributed by atoms with E-state index < -0.39 is 6.61 Å². The van der Waals surface area contributed by atoms with Crippen LogP contribution in [0.1, 0.15) is 45.2 Å². The van der Waals surface area contributed by atoms with E-state index in [-0.39, 0.29) is 36.0 Å². The molecule has 0 saturated carbocycles. The highest BCUT2D eigenvalue weighted by Gasteiger charge is 2.36. The van der Waals surface area contributed by atoms with Gasteiger partial charge in [0.05, 0.1) is 23.5 Å². The minimum absolute atomic E-state index is 0.0743. The molecule has 1 aromatic carbocycles. The number of aromatic nitrogens is 3. The molecule has 3 heterocycles. The molecule has 3 aromatic rings. The van der Waals surface area contributed by atoms with Gasteiger partial charge in [0.25, 0.3) is 5.56 Å². The molecule has 0 amide bonds. The molecule has 1 aliphatic rings. The van der Waals surface area contributed by atoms with Gasteiger partial charge < -0.3 is 14.2 Å². The van der Waals surface area contributed by atoms with Gasteiger partial charge in [-0.2, -0.15) is 19.1 Å². The summed E-state index contributed by atoms with van der Waals surface area (Å²) in [5.74, 6) is 0.148. The molecule has 1 saturated heterocycles. The molecule has 0 aliphatic carbocycles. The van der Waals surface area contributed by atoms with E-state index in [1.165, 1.54) is 0 Å². The van der Waals surface area contributed by atoms with Crippen LogP contribution in [0.15, 0.2) is 41.3 Å². The lowest BCUT2D eigenvalue weighted by Crippen LogP contribution is -2.58. The van der Waals surface area contributed by atoms with Crippen molar-refractivity contribution in [3.8, 4) is 11.8 Å². The topological polar surface area (TPSA) is 79.3 Å². The van der Waals surface area contributed by atoms with Gasteiger partial charge in [0.15, 0.2) is 0 Å². The standard InChI is InChI=1S/C26H32F2N6O2/c1-5-19-15-34(22-13-24(35)31(4)23-16-32(12-11-29)30-25(22)23)20(6-2)14-33(19)17(3)18-7-9-21(10-8-18)36-26(27)28/h7-10,13,16-17,19-20,26H,5-6,12,14-15H2,1-4H3/t17?,19-,20+/m1/s1. The highest BCUT2D eigenvalue weighted by atomic mass is 19.3. The molecule has 0 radical (unpaired) electrons. The lowest BCUT2D eigenvalue weighted by atomic mass is 9.96. The number of halogens is 2. The molecule has 4 rings (SSSR count). The maximum Gasteiger partial charge on any atom is 0.387 e. The summed E-state index contributed by atoms with van der Waals surface area (Å²) < 4.78 is 32.7. The number of hydrogen-bond donors (Lipinski definition) is 0. The van der Waals surface area contributed by atoms with Crippen LogP contribution >= 0.6 is 0 Å². The maximum absolute atomic E-state index is 12.8. The smallest absolute Gasteiger partial charge is 0.387 e. The molecule has 0 bridgehead atoms. The van der Waals surface area contributed by atoms with Gasteiger partial charge in [-0.1, -0.05) is 26.0 Å². The number of benzene rings is 1. The first-order valence-corrected chi connectivity index (χ1v) is 12.3. The van der Waals surface area contributed by atoms with Crippen LogP contribution in [-0.4, -0.2) is 51.0 Å². The molecule has 10 heteroatoms. The van der Waals surface area contributed by atoms with Crippen molar-refractivity contribution in [3.63, 3.8) is 0 Å². The highest BCUT2D eigenvalue weighted by Crippen LogP contribution is 2.34. The lowest BCUT2D eigenvalue weighted by molar-refractivity contribution is -0.0498. The molecule has 192 valence electrons. The van der Waals surface area contributed by atoms with Gasteiger partial charge in [0.1, 0.15) is 17.8 Å². The Balaban J connectivity index is 1.65. The van der Waals surface area contributed by atoms with Crippen LogP contribution in [0.3, 0.4) is 0 Å². The summed E-state index contributed by atoms with van der Waals surface area (Å²) in [6.07, 6.45) is 3.53. The van der Waals surface area contributed by atoms with Crippen molar-refractivity contribution >= 4 is 16.7 Å². The lowest BCUT2D eigenvalue weighted by Gasteiger charge is -2.49. The third-order valence-electron chi connectivity index (χ3n) is 7.25. The Morgan fingerprint density at radius 3 is 2.47 bits per heavy atom. The number of nitrogens with zero attached hydrogens (tertiary/aromatic N) is 6. The third kappa shape index (κ3) is 4.93. The van der Waals surface area contributed by atoms with E-state index in [9.17, 15) is 13.6 Å². The molecular formula is C26H32F2N6O2. The van der Waals surface area contributed by atoms with E-state index in [1.807, 2.05) is 12.1 Å². The zero-order valence-electron chi connectivity index (χ0n) is 21.1. The quantitative estimate of drug-likeness (QED) is 0.461. The van der Waals surface area contributed by atoms with Crippen molar-refractivity contribution in [2.75, 3.05) is 18.0 Å². The predicted octanol–water partition coefficient (Wildman–Crippen LogP) is 4.30. The molecular weight excluding hydrogens is 466 g/mol. The Morgan fingerprint density at radius 1 is 1.17 bits per heavy atom. The number of nitriles is 1. The Hall–Kier alpha value is -3.45. The number of fused-ring (bicyclic) bond motifs is 1. The number of alkyl halides is 2. The van der Waals surface area contributed by atoms with Crippen LogP contribution in [0.2, 0.25) is 0 Å². The van der Waals surface area contributed by atoms with E-state index in [0.29, 0.717) is 5.52 Å². The summed E-state index contributed by atoms with van der Waals surface area (Å²) >= 11 is 0. The summed E-state index contributed by atoms with van der Waals surface area (Å²) in [5.41, 5.74) is 3.15. The maximum atomic E-state index is 12.8. The minimum Gasteiger partial charge on any atom is -0.435 e. The second-order valence-electron chi connectivity index (χ2n) is 9.24. The molecule has 1 aliphatic heterocycles. The number of hydrogen-bond acceptors (Lipinski definition) is 6. The second kappa shape index (κ2) is 10.7. The summed E-state index contributed by atoms with van der Waals surface area (Å²) in [6.45, 7) is 5.19. The Kier molecular flexibility index (Phi) is 7.59. The van der Waals surface area contributed by atoms with Crippen molar-refractivity contribution in [2.24, 2.45) is 7.05 Å². The minimum atomic E-state index is -2.84. The van der Waals surface area contributed by atoms with Crippen molar-refractivity contribution in [2.45, 2.75) is 64.9 Å². The Morgan fingerprint density at radius 2 is 1.86 bits per heavy atom. The molecule has 3 atom stereocenters. The monoisotopic (exact) mass is 498 g/mol. The van der Waals surface area contributed by atoms with Crippen LogP contribution in [0, 0.1) is 11.3 Å². The average molecular weight is 499 g/mol. The fraction of sp³-hybridized carbons (Fsp3) is 0.500. The number of ether oxygens (including phenoxy) is 1. The molecule has 1 fully saturated rings. The average Bonchev–Trinajstić information content (AvgIpc) is 3.29. The van der Waals surface area contributed by atoms with Crippen LogP contribution in [0.25, 0.3) is 11.0 Å². The van der Waals surface area contributed by atoms with Crippen molar-refractivity contribution in [1.82, 2.24) is 19.2 Å². The molecule has 2 aromatic heterocycles. The number of piperazine rings is 1. The Bertz CT molecular complexity index is 1300. The normalized spacial score (nSPS) is 19.6. The molecule has 1 unspecified atom stereocenters. The highest BCUT2D eigenvalue weighted by molar-refractivity contribution is 5.88. The van der Waals surface area contributed by atoms with E-state index in [2.05, 4.69) is 46.5 Å². The zero-order valence-corrected chi connectivity index (χ0v) is 21.1. The number of rotatable bonds is 8. The summed E-state index contributed by atoms with van der Waals surface area (Å²) in [7, 11) is 1.72. The van der Waals surface area contributed by atoms with E-state index >= 15 is 0 Å². The fourth-order valence-corrected chi connectivity index (χ4v) is 5.19. The van der Waals surface area contributed by atoms with Gasteiger partial charge in [0.2, 0.25) is 0 Å². The number of aryl methyl sites for hydroxylation is 1. The first-order valence-electron chi connectivity index (χ1n) is 12.3. The van der Waals surface area contributed by atoms with Gasteiger partial charge in [-0.25, -0.2) is 0 Å². The van der Waals surface area contributed by atoms with Gasteiger partial charge >= 0.3 is 6.61 Å². The molecule has 0 spiro atoms. The zero-order chi connectivity index (χ0) is 26.0. The van der Waals surface area contributed by atoms with Gasteiger partial charge in [0, 0.05) is 44.3 Å². The molecule has 8 nitrogen and oxygen atoms in total. The van der Waals surface area contributed by atoms with E-state index in [1.54, 1.807) is 40.7 Å². The van der Waals surface area contributed by atoms with Gasteiger partial charge in [-0.15, -0.1) is 0 Å². The van der Waals surface area contributed by atoms with Crippen LogP contribution < -0.4 is 15.2 Å². The van der Waals surface area contributed by atoms with Crippen LogP contribution in [0.4, 0.5) is 14.5 Å². The third-order valence-corrected chi connectivity index (χ3v) is 7.25. The van der Waals surface area contributed by atoms with Crippen molar-refractivity contribution in [3.05, 3.63) is 52.4 Å². The number of anilines is 1. The van der Waals surface area contributed by atoms with Crippen LogP contribution in [-0.2, 0) is 13.6 Å². The Labute approximate surface area is 209 Å². The van der Waals surface area contributed by atoms with E-state index in [0.717, 1.165) is 42.7 Å². The van der Waals surface area contributed by atoms with Crippen molar-refractivity contribution < 1.29 is 13.5 Å². The van der Waals surface area contributed by atoms with Crippen LogP contribution in [0.5, 0.6) is 5.75 Å².